The van der Waals surface area contributed by atoms with Crippen LogP contribution in [-0.4, -0.2) is 29.9 Å². The smallest absolute Gasteiger partial charge is 0.258 e. The van der Waals surface area contributed by atoms with Crippen LogP contribution in [0.1, 0.15) is 34.5 Å². The largest absolute Gasteiger partial charge is 0.365 e. The van der Waals surface area contributed by atoms with Gasteiger partial charge in [-0.1, -0.05) is 12.1 Å². The molecule has 2 fully saturated rings. The summed E-state index contributed by atoms with van der Waals surface area (Å²) in [6.07, 6.45) is 3.22. The van der Waals surface area contributed by atoms with Gasteiger partial charge in [-0.05, 0) is 54.5 Å². The van der Waals surface area contributed by atoms with Crippen molar-refractivity contribution in [3.05, 3.63) is 46.6 Å². The Hall–Kier alpha value is -2.76. The van der Waals surface area contributed by atoms with Crippen LogP contribution >= 0.6 is 11.3 Å². The van der Waals surface area contributed by atoms with Crippen LogP contribution in [-0.2, 0) is 11.2 Å². The summed E-state index contributed by atoms with van der Waals surface area (Å²) in [4.78, 5) is 24.9. The second-order valence-corrected chi connectivity index (χ2v) is 8.73. The maximum Gasteiger partial charge on any atom is 0.258 e. The summed E-state index contributed by atoms with van der Waals surface area (Å²) in [5.74, 6) is -0.829. The highest BCUT2D eigenvalue weighted by Crippen LogP contribution is 2.35. The highest BCUT2D eigenvalue weighted by Gasteiger charge is 2.43. The molecule has 4 N–H and O–H groups in total. The zero-order valence-corrected chi connectivity index (χ0v) is 16.5. The minimum absolute atomic E-state index is 0.0894. The number of nitriles is 1. The molecule has 0 spiro atoms. The van der Waals surface area contributed by atoms with Crippen molar-refractivity contribution in [2.45, 2.75) is 43.8 Å². The van der Waals surface area contributed by atoms with Crippen LogP contribution in [0.3, 0.4) is 0 Å². The minimum Gasteiger partial charge on any atom is -0.365 e. The second-order valence-electron chi connectivity index (χ2n) is 7.64. The minimum atomic E-state index is -0.799. The van der Waals surface area contributed by atoms with E-state index in [2.05, 4.69) is 16.7 Å². The van der Waals surface area contributed by atoms with Crippen molar-refractivity contribution in [2.75, 3.05) is 0 Å². The summed E-state index contributed by atoms with van der Waals surface area (Å²) in [7, 11) is 0. The summed E-state index contributed by atoms with van der Waals surface area (Å²) in [5.41, 5.74) is 6.25. The number of nitrogens with zero attached hydrogens (tertiary/aromatic N) is 1. The molecule has 8 heteroatoms. The molecule has 29 heavy (non-hydrogen) atoms. The van der Waals surface area contributed by atoms with Crippen LogP contribution in [0.25, 0.3) is 10.4 Å². The van der Waals surface area contributed by atoms with Gasteiger partial charge in [-0.2, -0.15) is 5.26 Å². The third-order valence-corrected chi connectivity index (χ3v) is 6.87. The molecule has 6 nitrogen and oxygen atoms in total. The van der Waals surface area contributed by atoms with Crippen molar-refractivity contribution in [2.24, 2.45) is 11.7 Å². The first-order chi connectivity index (χ1) is 13.9. The van der Waals surface area contributed by atoms with Crippen molar-refractivity contribution < 1.29 is 14.0 Å². The Labute approximate surface area is 171 Å². The summed E-state index contributed by atoms with van der Waals surface area (Å²) in [6.45, 7) is 0. The third-order valence-electron chi connectivity index (χ3n) is 5.73. The lowest BCUT2D eigenvalue weighted by atomic mass is 9.98. The monoisotopic (exact) mass is 412 g/mol. The van der Waals surface area contributed by atoms with Gasteiger partial charge in [0.25, 0.3) is 5.91 Å². The molecule has 1 saturated heterocycles. The molecular weight excluding hydrogens is 391 g/mol. The number of amides is 2. The van der Waals surface area contributed by atoms with Gasteiger partial charge >= 0.3 is 0 Å². The lowest BCUT2D eigenvalue weighted by Gasteiger charge is -2.23. The molecule has 150 valence electrons. The van der Waals surface area contributed by atoms with Gasteiger partial charge in [0.2, 0.25) is 5.91 Å². The van der Waals surface area contributed by atoms with Crippen molar-refractivity contribution >= 4 is 23.2 Å². The summed E-state index contributed by atoms with van der Waals surface area (Å²) < 4.78 is 14.6. The SMILES string of the molecule is N#C[C@H](Cc1ccc(-c2ccc(C(N)=O)s2)cc1F)NC(=O)C1NC2CCC1C2. The van der Waals surface area contributed by atoms with Gasteiger partial charge in [0.15, 0.2) is 0 Å². The number of halogens is 1. The van der Waals surface area contributed by atoms with E-state index in [0.717, 1.165) is 24.1 Å². The Morgan fingerprint density at radius 3 is 2.76 bits per heavy atom. The molecule has 2 heterocycles. The zero-order valence-electron chi connectivity index (χ0n) is 15.7. The molecule has 1 aromatic heterocycles. The first kappa shape index (κ1) is 19.6. The van der Waals surface area contributed by atoms with Gasteiger partial charge in [0, 0.05) is 17.3 Å². The van der Waals surface area contributed by atoms with Gasteiger partial charge in [-0.25, -0.2) is 4.39 Å². The molecule has 0 radical (unpaired) electrons. The summed E-state index contributed by atoms with van der Waals surface area (Å²) >= 11 is 1.20. The third kappa shape index (κ3) is 4.02. The van der Waals surface area contributed by atoms with Gasteiger partial charge in [-0.3, -0.25) is 9.59 Å². The molecule has 2 amide bonds. The molecule has 1 saturated carbocycles. The Balaban J connectivity index is 1.43. The van der Waals surface area contributed by atoms with Crippen LogP contribution in [0, 0.1) is 23.1 Å². The fraction of sp³-hybridized carbons (Fsp3) is 0.381. The number of carbonyl (C=O) groups excluding carboxylic acids is 2. The number of benzene rings is 1. The molecule has 3 unspecified atom stereocenters. The maximum atomic E-state index is 14.6. The first-order valence-corrected chi connectivity index (χ1v) is 10.4. The highest BCUT2D eigenvalue weighted by molar-refractivity contribution is 7.17. The topological polar surface area (TPSA) is 108 Å². The van der Waals surface area contributed by atoms with E-state index in [0.29, 0.717) is 28.0 Å². The number of nitrogens with one attached hydrogen (secondary N) is 2. The lowest BCUT2D eigenvalue weighted by Crippen LogP contribution is -2.50. The van der Waals surface area contributed by atoms with Gasteiger partial charge in [0.05, 0.1) is 17.0 Å². The molecule has 1 aliphatic heterocycles. The van der Waals surface area contributed by atoms with Crippen LogP contribution in [0.15, 0.2) is 30.3 Å². The molecule has 4 rings (SSSR count). The number of hydrogen-bond donors (Lipinski definition) is 3. The number of carbonyl (C=O) groups is 2. The lowest BCUT2D eigenvalue weighted by molar-refractivity contribution is -0.124. The quantitative estimate of drug-likeness (QED) is 0.677. The maximum absolute atomic E-state index is 14.6. The van der Waals surface area contributed by atoms with Crippen LogP contribution in [0.4, 0.5) is 4.39 Å². The van der Waals surface area contributed by atoms with Crippen LogP contribution in [0.2, 0.25) is 0 Å². The zero-order chi connectivity index (χ0) is 20.5. The van der Waals surface area contributed by atoms with E-state index < -0.39 is 17.8 Å². The molecule has 2 bridgehead atoms. The fourth-order valence-electron chi connectivity index (χ4n) is 4.25. The van der Waals surface area contributed by atoms with E-state index in [4.69, 9.17) is 5.73 Å². The molecule has 4 atom stereocenters. The van der Waals surface area contributed by atoms with Crippen LogP contribution in [0.5, 0.6) is 0 Å². The summed E-state index contributed by atoms with van der Waals surface area (Å²) in [5, 5.41) is 15.5. The van der Waals surface area contributed by atoms with Gasteiger partial charge < -0.3 is 16.4 Å². The standard InChI is InChI=1S/C21H21FN4O2S/c22-16-9-12(17-5-6-18(29-17)20(24)27)2-1-11(16)7-15(10-23)26-21(28)19-13-3-4-14(8-13)25-19/h1-2,5-6,9,13-15,19,25H,3-4,7-8H2,(H2,24,27)(H,26,28)/t13?,14?,15-,19?/m0/s1. The van der Waals surface area contributed by atoms with E-state index in [1.165, 1.54) is 17.4 Å². The number of hydrogen-bond acceptors (Lipinski definition) is 5. The predicted octanol–water partition coefficient (Wildman–Crippen LogP) is 2.34. The number of piperidine rings is 1. The fourth-order valence-corrected chi connectivity index (χ4v) is 5.11. The Kier molecular flexibility index (Phi) is 5.35. The Bertz CT molecular complexity index is 999. The van der Waals surface area contributed by atoms with E-state index >= 15 is 0 Å². The Morgan fingerprint density at radius 1 is 1.34 bits per heavy atom. The first-order valence-electron chi connectivity index (χ1n) is 9.59. The van der Waals surface area contributed by atoms with E-state index in [1.807, 2.05) is 0 Å². The van der Waals surface area contributed by atoms with E-state index in [-0.39, 0.29) is 18.4 Å². The molecule has 1 aromatic carbocycles. The molecule has 1 aliphatic carbocycles. The Morgan fingerprint density at radius 2 is 2.17 bits per heavy atom. The number of primary amides is 1. The predicted molar refractivity (Wildman–Crippen MR) is 108 cm³/mol. The molecule has 2 aliphatic rings. The van der Waals surface area contributed by atoms with Gasteiger partial charge in [-0.15, -0.1) is 11.3 Å². The van der Waals surface area contributed by atoms with E-state index in [1.54, 1.807) is 24.3 Å². The van der Waals surface area contributed by atoms with Gasteiger partial charge in [0.1, 0.15) is 11.9 Å². The average Bonchev–Trinajstić information content (AvgIpc) is 3.45. The summed E-state index contributed by atoms with van der Waals surface area (Å²) in [6, 6.07) is 9.46. The van der Waals surface area contributed by atoms with Crippen molar-refractivity contribution in [3.63, 3.8) is 0 Å². The van der Waals surface area contributed by atoms with E-state index in [9.17, 15) is 19.2 Å². The normalized spacial score (nSPS) is 23.5. The second kappa shape index (κ2) is 7.93. The highest BCUT2D eigenvalue weighted by atomic mass is 32.1. The number of rotatable bonds is 6. The molecule has 2 aromatic rings. The number of thiophene rings is 1. The molecular formula is C21H21FN4O2S. The van der Waals surface area contributed by atoms with Crippen molar-refractivity contribution in [1.82, 2.24) is 10.6 Å². The average molecular weight is 412 g/mol. The number of nitrogens with two attached hydrogens (primary N) is 1. The van der Waals surface area contributed by atoms with Crippen LogP contribution < -0.4 is 16.4 Å². The number of fused-ring (bicyclic) bond motifs is 2. The van der Waals surface area contributed by atoms with Crippen molar-refractivity contribution in [3.8, 4) is 16.5 Å². The van der Waals surface area contributed by atoms with Crippen molar-refractivity contribution in [1.29, 1.82) is 5.26 Å².